The number of morpholine rings is 1. The van der Waals surface area contributed by atoms with Crippen LogP contribution in [-0.4, -0.2) is 41.2 Å². The average Bonchev–Trinajstić information content (AvgIpc) is 2.55. The summed E-state index contributed by atoms with van der Waals surface area (Å²) in [5, 5.41) is 0. The first-order valence-electron chi connectivity index (χ1n) is 7.81. The Morgan fingerprint density at radius 3 is 2.35 bits per heavy atom. The minimum atomic E-state index is -0.478. The lowest BCUT2D eigenvalue weighted by Crippen LogP contribution is -2.38. The zero-order valence-electron chi connectivity index (χ0n) is 13.4. The molecule has 1 saturated heterocycles. The van der Waals surface area contributed by atoms with Crippen LogP contribution < -0.4 is 11.2 Å². The third-order valence-corrected chi connectivity index (χ3v) is 4.41. The topological polar surface area (TPSA) is 78.2 Å². The van der Waals surface area contributed by atoms with Crippen LogP contribution in [0.25, 0.3) is 11.1 Å². The van der Waals surface area contributed by atoms with Crippen molar-refractivity contribution in [3.63, 3.8) is 0 Å². The van der Waals surface area contributed by atoms with Gasteiger partial charge < -0.3 is 9.72 Å². The molecule has 2 N–H and O–H groups in total. The molecule has 1 aliphatic heterocycles. The van der Waals surface area contributed by atoms with Crippen LogP contribution in [0.3, 0.4) is 0 Å². The number of benzene rings is 1. The van der Waals surface area contributed by atoms with E-state index < -0.39 is 5.69 Å². The highest BCUT2D eigenvalue weighted by Crippen LogP contribution is 2.24. The summed E-state index contributed by atoms with van der Waals surface area (Å²) in [5.74, 6) is 0. The molecule has 1 atom stereocenters. The van der Waals surface area contributed by atoms with Crippen molar-refractivity contribution in [1.29, 1.82) is 0 Å². The van der Waals surface area contributed by atoms with E-state index >= 15 is 0 Å². The molecule has 0 bridgehead atoms. The highest BCUT2D eigenvalue weighted by Gasteiger charge is 2.18. The van der Waals surface area contributed by atoms with Crippen LogP contribution in [-0.2, 0) is 4.74 Å². The summed E-state index contributed by atoms with van der Waals surface area (Å²) in [6, 6.07) is 8.26. The van der Waals surface area contributed by atoms with Crippen molar-refractivity contribution in [3.05, 3.63) is 56.4 Å². The molecule has 1 aromatic carbocycles. The van der Waals surface area contributed by atoms with Crippen LogP contribution in [0.15, 0.2) is 33.9 Å². The molecule has 3 rings (SSSR count). The van der Waals surface area contributed by atoms with E-state index in [1.165, 1.54) is 5.56 Å². The van der Waals surface area contributed by atoms with Gasteiger partial charge in [0.25, 0.3) is 5.56 Å². The van der Waals surface area contributed by atoms with Gasteiger partial charge in [-0.3, -0.25) is 14.7 Å². The van der Waals surface area contributed by atoms with Gasteiger partial charge in [0.2, 0.25) is 0 Å². The summed E-state index contributed by atoms with van der Waals surface area (Å²) >= 11 is 0. The number of hydrogen-bond acceptors (Lipinski definition) is 4. The number of hydrogen-bond donors (Lipinski definition) is 2. The zero-order valence-corrected chi connectivity index (χ0v) is 13.4. The quantitative estimate of drug-likeness (QED) is 0.898. The average molecular weight is 315 g/mol. The minimum absolute atomic E-state index is 0.308. The molecule has 23 heavy (non-hydrogen) atoms. The lowest BCUT2D eigenvalue weighted by atomic mass is 10.0. The molecule has 122 valence electrons. The molecular formula is C17H21N3O3. The van der Waals surface area contributed by atoms with Crippen molar-refractivity contribution in [2.45, 2.75) is 19.9 Å². The van der Waals surface area contributed by atoms with E-state index in [4.69, 9.17) is 4.74 Å². The molecule has 6 heteroatoms. The van der Waals surface area contributed by atoms with E-state index in [0.29, 0.717) is 17.3 Å². The van der Waals surface area contributed by atoms with Gasteiger partial charge >= 0.3 is 5.69 Å². The summed E-state index contributed by atoms with van der Waals surface area (Å²) in [4.78, 5) is 30.6. The number of ether oxygens (including phenoxy) is 1. The zero-order chi connectivity index (χ0) is 16.4. The number of aryl methyl sites for hydroxylation is 1. The maximum Gasteiger partial charge on any atom is 0.325 e. The standard InChI is InChI=1S/C17H21N3O3/c1-11-15(16(21)19-17(22)18-11)14-5-3-13(4-6-14)12(2)20-7-9-23-10-8-20/h3-6,12H,7-10H2,1-2H3,(H2,18,19,21,22). The first-order valence-corrected chi connectivity index (χ1v) is 7.81. The summed E-state index contributed by atoms with van der Waals surface area (Å²) in [6.07, 6.45) is 0. The number of nitrogens with zero attached hydrogens (tertiary/aromatic N) is 1. The van der Waals surface area contributed by atoms with E-state index in [1.54, 1.807) is 6.92 Å². The smallest absolute Gasteiger partial charge is 0.325 e. The molecule has 0 aliphatic carbocycles. The Balaban J connectivity index is 1.88. The fraction of sp³-hybridized carbons (Fsp3) is 0.412. The van der Waals surface area contributed by atoms with Crippen LogP contribution in [0.2, 0.25) is 0 Å². The normalized spacial score (nSPS) is 17.1. The van der Waals surface area contributed by atoms with E-state index in [2.05, 4.69) is 21.8 Å². The molecule has 0 amide bonds. The Kier molecular flexibility index (Phi) is 4.45. The molecule has 0 radical (unpaired) electrons. The van der Waals surface area contributed by atoms with Crippen LogP contribution in [0.1, 0.15) is 24.2 Å². The first-order chi connectivity index (χ1) is 11.1. The maximum atomic E-state index is 12.0. The van der Waals surface area contributed by atoms with E-state index in [9.17, 15) is 9.59 Å². The molecule has 6 nitrogen and oxygen atoms in total. The fourth-order valence-electron chi connectivity index (χ4n) is 3.05. The summed E-state index contributed by atoms with van der Waals surface area (Å²) in [6.45, 7) is 7.32. The molecule has 2 aromatic rings. The van der Waals surface area contributed by atoms with Crippen LogP contribution in [0, 0.1) is 6.92 Å². The second-order valence-corrected chi connectivity index (χ2v) is 5.85. The predicted octanol–water partition coefficient (Wildman–Crippen LogP) is 1.43. The predicted molar refractivity (Wildman–Crippen MR) is 88.7 cm³/mol. The Labute approximate surface area is 134 Å². The van der Waals surface area contributed by atoms with Gasteiger partial charge in [0.1, 0.15) is 0 Å². The van der Waals surface area contributed by atoms with Crippen molar-refractivity contribution < 1.29 is 4.74 Å². The molecular weight excluding hydrogens is 294 g/mol. The van der Waals surface area contributed by atoms with E-state index in [0.717, 1.165) is 31.9 Å². The van der Waals surface area contributed by atoms with Crippen molar-refractivity contribution in [2.75, 3.05) is 26.3 Å². The van der Waals surface area contributed by atoms with Crippen molar-refractivity contribution in [1.82, 2.24) is 14.9 Å². The van der Waals surface area contributed by atoms with Gasteiger partial charge in [0.05, 0.1) is 18.8 Å². The van der Waals surface area contributed by atoms with Crippen LogP contribution >= 0.6 is 0 Å². The Hall–Kier alpha value is -2.18. The van der Waals surface area contributed by atoms with Gasteiger partial charge in [-0.1, -0.05) is 24.3 Å². The second kappa shape index (κ2) is 6.52. The van der Waals surface area contributed by atoms with Gasteiger partial charge in [0.15, 0.2) is 0 Å². The molecule has 0 saturated carbocycles. The van der Waals surface area contributed by atoms with Gasteiger partial charge in [0, 0.05) is 24.8 Å². The van der Waals surface area contributed by atoms with Crippen LogP contribution in [0.4, 0.5) is 0 Å². The number of aromatic nitrogens is 2. The summed E-state index contributed by atoms with van der Waals surface area (Å²) in [7, 11) is 0. The largest absolute Gasteiger partial charge is 0.379 e. The van der Waals surface area contributed by atoms with E-state index in [-0.39, 0.29) is 5.56 Å². The lowest BCUT2D eigenvalue weighted by molar-refractivity contribution is 0.0198. The third kappa shape index (κ3) is 3.28. The molecule has 1 aliphatic rings. The number of nitrogens with one attached hydrogen (secondary N) is 2. The van der Waals surface area contributed by atoms with Crippen molar-refractivity contribution in [3.8, 4) is 11.1 Å². The Morgan fingerprint density at radius 2 is 1.74 bits per heavy atom. The fourth-order valence-corrected chi connectivity index (χ4v) is 3.05. The van der Waals surface area contributed by atoms with Gasteiger partial charge in [-0.05, 0) is 25.0 Å². The van der Waals surface area contributed by atoms with Crippen LogP contribution in [0.5, 0.6) is 0 Å². The monoisotopic (exact) mass is 315 g/mol. The first kappa shape index (κ1) is 15.7. The van der Waals surface area contributed by atoms with Gasteiger partial charge in [-0.25, -0.2) is 4.79 Å². The highest BCUT2D eigenvalue weighted by molar-refractivity contribution is 5.64. The molecule has 1 aromatic heterocycles. The van der Waals surface area contributed by atoms with Gasteiger partial charge in [-0.2, -0.15) is 0 Å². The second-order valence-electron chi connectivity index (χ2n) is 5.85. The number of rotatable bonds is 3. The molecule has 1 unspecified atom stereocenters. The molecule has 1 fully saturated rings. The molecule has 2 heterocycles. The Morgan fingerprint density at radius 1 is 1.09 bits per heavy atom. The Bertz CT molecular complexity index is 786. The van der Waals surface area contributed by atoms with Crippen molar-refractivity contribution in [2.24, 2.45) is 0 Å². The molecule has 0 spiro atoms. The maximum absolute atomic E-state index is 12.0. The number of aromatic amines is 2. The van der Waals surface area contributed by atoms with Crippen molar-refractivity contribution >= 4 is 0 Å². The highest BCUT2D eigenvalue weighted by atomic mass is 16.5. The van der Waals surface area contributed by atoms with Gasteiger partial charge in [-0.15, -0.1) is 0 Å². The van der Waals surface area contributed by atoms with E-state index in [1.807, 2.05) is 24.3 Å². The minimum Gasteiger partial charge on any atom is -0.379 e. The SMILES string of the molecule is Cc1[nH]c(=O)[nH]c(=O)c1-c1ccc(C(C)N2CCOCC2)cc1. The third-order valence-electron chi connectivity index (χ3n) is 4.41. The summed E-state index contributed by atoms with van der Waals surface area (Å²) < 4.78 is 5.39. The summed E-state index contributed by atoms with van der Waals surface area (Å²) in [5.41, 5.74) is 2.25. The lowest BCUT2D eigenvalue weighted by Gasteiger charge is -2.32. The number of H-pyrrole nitrogens is 2.